The Morgan fingerprint density at radius 1 is 1.32 bits per heavy atom. The summed E-state index contributed by atoms with van der Waals surface area (Å²) in [5.74, 6) is -0.568. The van der Waals surface area contributed by atoms with Gasteiger partial charge < -0.3 is 5.32 Å². The van der Waals surface area contributed by atoms with Crippen LogP contribution in [0.5, 0.6) is 0 Å². The molecule has 19 heavy (non-hydrogen) atoms. The minimum atomic E-state index is -3.58. The van der Waals surface area contributed by atoms with Crippen LogP contribution in [0.3, 0.4) is 0 Å². The molecule has 0 bridgehead atoms. The van der Waals surface area contributed by atoms with Crippen molar-refractivity contribution in [3.05, 3.63) is 34.9 Å². The standard InChI is InChI=1S/C13H18N2O3S/c1-9(2)19(17,18)15-13(16)11-4-3-10-5-6-14-8-12(10)7-11/h3-4,7,9,14H,5-6,8H2,1-2H3,(H,15,16). The van der Waals surface area contributed by atoms with Gasteiger partial charge in [0.2, 0.25) is 10.0 Å². The van der Waals surface area contributed by atoms with Crippen LogP contribution < -0.4 is 10.0 Å². The molecule has 1 heterocycles. The van der Waals surface area contributed by atoms with Crippen LogP contribution in [0.1, 0.15) is 35.3 Å². The number of carbonyl (C=O) groups is 1. The molecule has 0 radical (unpaired) electrons. The monoisotopic (exact) mass is 282 g/mol. The van der Waals surface area contributed by atoms with Gasteiger partial charge >= 0.3 is 0 Å². The normalized spacial score (nSPS) is 15.1. The van der Waals surface area contributed by atoms with Crippen LogP contribution in [0, 0.1) is 0 Å². The van der Waals surface area contributed by atoms with E-state index in [4.69, 9.17) is 0 Å². The van der Waals surface area contributed by atoms with Gasteiger partial charge in [0.25, 0.3) is 5.91 Å². The molecule has 0 fully saturated rings. The van der Waals surface area contributed by atoms with Gasteiger partial charge in [-0.2, -0.15) is 0 Å². The first-order valence-corrected chi connectivity index (χ1v) is 7.83. The van der Waals surface area contributed by atoms with E-state index in [0.717, 1.165) is 18.5 Å². The van der Waals surface area contributed by atoms with E-state index in [2.05, 4.69) is 10.0 Å². The van der Waals surface area contributed by atoms with E-state index in [1.165, 1.54) is 19.4 Å². The number of carbonyl (C=O) groups excluding carboxylic acids is 1. The largest absolute Gasteiger partial charge is 0.312 e. The van der Waals surface area contributed by atoms with E-state index in [1.807, 2.05) is 6.07 Å². The van der Waals surface area contributed by atoms with Crippen LogP contribution in [0.2, 0.25) is 0 Å². The minimum absolute atomic E-state index is 0.381. The number of amides is 1. The minimum Gasteiger partial charge on any atom is -0.312 e. The topological polar surface area (TPSA) is 75.3 Å². The molecule has 1 amide bonds. The Bertz CT molecular complexity index is 594. The highest BCUT2D eigenvalue weighted by molar-refractivity contribution is 7.90. The van der Waals surface area contributed by atoms with E-state index < -0.39 is 21.2 Å². The van der Waals surface area contributed by atoms with Crippen LogP contribution in [0.25, 0.3) is 0 Å². The second-order valence-corrected chi connectivity index (χ2v) is 7.17. The van der Waals surface area contributed by atoms with Gasteiger partial charge in [0, 0.05) is 12.1 Å². The highest BCUT2D eigenvalue weighted by atomic mass is 32.2. The maximum Gasteiger partial charge on any atom is 0.264 e. The summed E-state index contributed by atoms with van der Waals surface area (Å²) in [5.41, 5.74) is 2.65. The van der Waals surface area contributed by atoms with E-state index in [9.17, 15) is 13.2 Å². The summed E-state index contributed by atoms with van der Waals surface area (Å²) >= 11 is 0. The summed E-state index contributed by atoms with van der Waals surface area (Å²) in [6, 6.07) is 5.33. The quantitative estimate of drug-likeness (QED) is 0.860. The molecule has 1 aliphatic heterocycles. The molecule has 0 spiro atoms. The number of benzene rings is 1. The lowest BCUT2D eigenvalue weighted by molar-refractivity contribution is 0.0981. The summed E-state index contributed by atoms with van der Waals surface area (Å²) in [4.78, 5) is 11.9. The Morgan fingerprint density at radius 2 is 2.05 bits per heavy atom. The fourth-order valence-corrected chi connectivity index (χ4v) is 2.54. The van der Waals surface area contributed by atoms with Gasteiger partial charge in [-0.25, -0.2) is 13.1 Å². The van der Waals surface area contributed by atoms with Gasteiger partial charge in [-0.1, -0.05) is 6.07 Å². The van der Waals surface area contributed by atoms with E-state index >= 15 is 0 Å². The Hall–Kier alpha value is -1.40. The molecule has 1 aromatic carbocycles. The first-order chi connectivity index (χ1) is 8.90. The number of nitrogens with one attached hydrogen (secondary N) is 2. The molecular weight excluding hydrogens is 264 g/mol. The van der Waals surface area contributed by atoms with Crippen molar-refractivity contribution in [1.82, 2.24) is 10.0 Å². The molecule has 2 N–H and O–H groups in total. The van der Waals surface area contributed by atoms with E-state index in [1.54, 1.807) is 12.1 Å². The highest BCUT2D eigenvalue weighted by Crippen LogP contribution is 2.16. The van der Waals surface area contributed by atoms with Crippen LogP contribution >= 0.6 is 0 Å². The predicted octanol–water partition coefficient (Wildman–Crippen LogP) is 0.800. The predicted molar refractivity (Wildman–Crippen MR) is 73.4 cm³/mol. The Kier molecular flexibility index (Phi) is 3.91. The molecule has 0 aromatic heterocycles. The molecule has 0 saturated heterocycles. The van der Waals surface area contributed by atoms with Crippen LogP contribution in [0.15, 0.2) is 18.2 Å². The second kappa shape index (κ2) is 5.30. The summed E-state index contributed by atoms with van der Waals surface area (Å²) < 4.78 is 25.4. The molecule has 0 unspecified atom stereocenters. The van der Waals surface area contributed by atoms with Crippen LogP contribution in [-0.2, 0) is 23.0 Å². The number of fused-ring (bicyclic) bond motifs is 1. The molecule has 0 saturated carbocycles. The van der Waals surface area contributed by atoms with Crippen molar-refractivity contribution in [3.63, 3.8) is 0 Å². The van der Waals surface area contributed by atoms with Crippen molar-refractivity contribution in [1.29, 1.82) is 0 Å². The lowest BCUT2D eigenvalue weighted by Gasteiger charge is -2.18. The summed E-state index contributed by atoms with van der Waals surface area (Å²) in [6.07, 6.45) is 0.932. The molecule has 1 aliphatic rings. The maximum atomic E-state index is 11.9. The highest BCUT2D eigenvalue weighted by Gasteiger charge is 2.20. The van der Waals surface area contributed by atoms with Crippen LogP contribution in [0.4, 0.5) is 0 Å². The third kappa shape index (κ3) is 3.13. The van der Waals surface area contributed by atoms with Gasteiger partial charge in [-0.3, -0.25) is 4.79 Å². The third-order valence-electron chi connectivity index (χ3n) is 3.21. The zero-order valence-corrected chi connectivity index (χ0v) is 11.9. The zero-order chi connectivity index (χ0) is 14.0. The van der Waals surface area contributed by atoms with Gasteiger partial charge in [0.15, 0.2) is 0 Å². The van der Waals surface area contributed by atoms with Crippen LogP contribution in [-0.4, -0.2) is 26.1 Å². The van der Waals surface area contributed by atoms with Crippen molar-refractivity contribution in [2.75, 3.05) is 6.54 Å². The van der Waals surface area contributed by atoms with Gasteiger partial charge in [-0.05, 0) is 50.1 Å². The van der Waals surface area contributed by atoms with Crippen molar-refractivity contribution < 1.29 is 13.2 Å². The molecule has 0 atom stereocenters. The van der Waals surface area contributed by atoms with Gasteiger partial charge in [-0.15, -0.1) is 0 Å². The fraction of sp³-hybridized carbons (Fsp3) is 0.462. The average Bonchev–Trinajstić information content (AvgIpc) is 2.37. The number of rotatable bonds is 3. The van der Waals surface area contributed by atoms with Crippen molar-refractivity contribution in [2.45, 2.75) is 32.1 Å². The molecule has 6 heteroatoms. The first kappa shape index (κ1) is 14.0. The summed E-state index contributed by atoms with van der Waals surface area (Å²) in [6.45, 7) is 4.71. The SMILES string of the molecule is CC(C)S(=O)(=O)NC(=O)c1ccc2c(c1)CNCC2. The first-order valence-electron chi connectivity index (χ1n) is 6.28. The summed E-state index contributed by atoms with van der Waals surface area (Å²) in [7, 11) is -3.58. The average molecular weight is 282 g/mol. The molecule has 0 aliphatic carbocycles. The van der Waals surface area contributed by atoms with Crippen molar-refractivity contribution >= 4 is 15.9 Å². The van der Waals surface area contributed by atoms with Gasteiger partial charge in [0.05, 0.1) is 5.25 Å². The number of hydrogen-bond donors (Lipinski definition) is 2. The third-order valence-corrected chi connectivity index (χ3v) is 4.92. The van der Waals surface area contributed by atoms with E-state index in [0.29, 0.717) is 12.1 Å². The number of sulfonamides is 1. The lowest BCUT2D eigenvalue weighted by Crippen LogP contribution is -2.36. The zero-order valence-electron chi connectivity index (χ0n) is 11.1. The molecule has 5 nitrogen and oxygen atoms in total. The second-order valence-electron chi connectivity index (χ2n) is 4.94. The van der Waals surface area contributed by atoms with Crippen molar-refractivity contribution in [2.24, 2.45) is 0 Å². The molecular formula is C13H18N2O3S. The van der Waals surface area contributed by atoms with Gasteiger partial charge in [0.1, 0.15) is 0 Å². The fourth-order valence-electron chi connectivity index (χ4n) is 1.93. The maximum absolute atomic E-state index is 11.9. The van der Waals surface area contributed by atoms with E-state index in [-0.39, 0.29) is 0 Å². The van der Waals surface area contributed by atoms with Crippen molar-refractivity contribution in [3.8, 4) is 0 Å². The molecule has 2 rings (SSSR count). The molecule has 104 valence electrons. The Balaban J connectivity index is 2.21. The lowest BCUT2D eigenvalue weighted by atomic mass is 9.98. The smallest absolute Gasteiger partial charge is 0.264 e. The molecule has 1 aromatic rings. The Labute approximate surface area is 113 Å². The number of hydrogen-bond acceptors (Lipinski definition) is 4. The summed E-state index contributed by atoms with van der Waals surface area (Å²) in [5, 5.41) is 2.59. The Morgan fingerprint density at radius 3 is 2.74 bits per heavy atom.